The highest BCUT2D eigenvalue weighted by Gasteiger charge is 2.02. The summed E-state index contributed by atoms with van der Waals surface area (Å²) in [5, 5.41) is 8.36. The highest BCUT2D eigenvalue weighted by atomic mass is 16.2. The van der Waals surface area contributed by atoms with Gasteiger partial charge in [0.25, 0.3) is 0 Å². The van der Waals surface area contributed by atoms with Crippen molar-refractivity contribution in [1.82, 2.24) is 0 Å². The molecule has 0 aromatic rings. The number of hydrogen-bond donors (Lipinski definition) is 1. The molecule has 0 radical (unpaired) electrons. The SMILES string of the molecule is OC=CCCCC1=CCCC1. The molecule has 0 saturated heterocycles. The smallest absolute Gasteiger partial charge is 0.0751 e. The molecule has 1 rings (SSSR count). The molecule has 1 heteroatoms. The maximum absolute atomic E-state index is 8.36. The zero-order chi connectivity index (χ0) is 7.94. The van der Waals surface area contributed by atoms with Crippen LogP contribution in [0.15, 0.2) is 24.0 Å². The Morgan fingerprint density at radius 3 is 3.09 bits per heavy atom. The second-order valence-corrected chi connectivity index (χ2v) is 3.03. The van der Waals surface area contributed by atoms with Crippen molar-refractivity contribution in [3.8, 4) is 0 Å². The van der Waals surface area contributed by atoms with E-state index in [0.29, 0.717) is 0 Å². The van der Waals surface area contributed by atoms with E-state index in [1.54, 1.807) is 5.57 Å². The van der Waals surface area contributed by atoms with Gasteiger partial charge in [-0.3, -0.25) is 0 Å². The molecule has 0 fully saturated rings. The molecule has 1 nitrogen and oxygen atoms in total. The molecule has 0 atom stereocenters. The molecule has 1 aliphatic carbocycles. The number of aliphatic hydroxyl groups is 1. The van der Waals surface area contributed by atoms with Crippen LogP contribution in [0.5, 0.6) is 0 Å². The standard InChI is InChI=1S/C10H16O/c11-9-5-1-2-6-10-7-3-4-8-10/h5,7,9,11H,1-4,6,8H2. The molecule has 0 spiro atoms. The van der Waals surface area contributed by atoms with Crippen molar-refractivity contribution in [3.63, 3.8) is 0 Å². The first-order valence-electron chi connectivity index (χ1n) is 4.40. The van der Waals surface area contributed by atoms with Gasteiger partial charge < -0.3 is 5.11 Å². The Hall–Kier alpha value is -0.720. The monoisotopic (exact) mass is 152 g/mol. The maximum Gasteiger partial charge on any atom is 0.0751 e. The second-order valence-electron chi connectivity index (χ2n) is 3.03. The Bertz CT molecular complexity index is 156. The first kappa shape index (κ1) is 8.38. The van der Waals surface area contributed by atoms with Gasteiger partial charge in [-0.2, -0.15) is 0 Å². The lowest BCUT2D eigenvalue weighted by Crippen LogP contribution is -1.78. The van der Waals surface area contributed by atoms with E-state index >= 15 is 0 Å². The van der Waals surface area contributed by atoms with Crippen LogP contribution in [0.4, 0.5) is 0 Å². The van der Waals surface area contributed by atoms with Crippen LogP contribution >= 0.6 is 0 Å². The van der Waals surface area contributed by atoms with Crippen LogP contribution in [0.3, 0.4) is 0 Å². The highest BCUT2D eigenvalue weighted by Crippen LogP contribution is 2.22. The van der Waals surface area contributed by atoms with Gasteiger partial charge in [-0.15, -0.1) is 0 Å². The van der Waals surface area contributed by atoms with Gasteiger partial charge >= 0.3 is 0 Å². The summed E-state index contributed by atoms with van der Waals surface area (Å²) >= 11 is 0. The first-order chi connectivity index (χ1) is 5.43. The minimum atomic E-state index is 1.01. The van der Waals surface area contributed by atoms with Crippen LogP contribution in [-0.2, 0) is 0 Å². The van der Waals surface area contributed by atoms with E-state index in [1.807, 2.05) is 6.08 Å². The maximum atomic E-state index is 8.36. The Morgan fingerprint density at radius 1 is 1.55 bits per heavy atom. The third-order valence-corrected chi connectivity index (χ3v) is 2.11. The average molecular weight is 152 g/mol. The summed E-state index contributed by atoms with van der Waals surface area (Å²) in [6.07, 6.45) is 12.7. The quantitative estimate of drug-likeness (QED) is 0.372. The molecule has 0 unspecified atom stereocenters. The number of allylic oxidation sites excluding steroid dienone is 3. The lowest BCUT2D eigenvalue weighted by atomic mass is 10.1. The van der Waals surface area contributed by atoms with E-state index < -0.39 is 0 Å². The van der Waals surface area contributed by atoms with Crippen LogP contribution in [0, 0.1) is 0 Å². The molecule has 0 aromatic carbocycles. The lowest BCUT2D eigenvalue weighted by molar-refractivity contribution is 0.470. The van der Waals surface area contributed by atoms with E-state index in [1.165, 1.54) is 32.1 Å². The zero-order valence-corrected chi connectivity index (χ0v) is 6.92. The molecule has 0 aliphatic heterocycles. The van der Waals surface area contributed by atoms with E-state index in [4.69, 9.17) is 5.11 Å². The van der Waals surface area contributed by atoms with Gasteiger partial charge in [0, 0.05) is 0 Å². The highest BCUT2D eigenvalue weighted by molar-refractivity contribution is 5.07. The molecule has 0 saturated carbocycles. The summed E-state index contributed by atoms with van der Waals surface area (Å²) in [5.74, 6) is 0. The van der Waals surface area contributed by atoms with Crippen LogP contribution in [0.2, 0.25) is 0 Å². The molecule has 62 valence electrons. The fourth-order valence-electron chi connectivity index (χ4n) is 1.49. The third kappa shape index (κ3) is 3.26. The topological polar surface area (TPSA) is 20.2 Å². The Labute approximate surface area is 68.4 Å². The predicted molar refractivity (Wildman–Crippen MR) is 47.6 cm³/mol. The summed E-state index contributed by atoms with van der Waals surface area (Å²) in [7, 11) is 0. The van der Waals surface area contributed by atoms with Crippen LogP contribution in [-0.4, -0.2) is 5.11 Å². The van der Waals surface area contributed by atoms with Crippen molar-refractivity contribution in [2.75, 3.05) is 0 Å². The molecule has 1 N–H and O–H groups in total. The third-order valence-electron chi connectivity index (χ3n) is 2.11. The van der Waals surface area contributed by atoms with Gasteiger partial charge in [0.05, 0.1) is 6.26 Å². The van der Waals surface area contributed by atoms with Gasteiger partial charge in [-0.25, -0.2) is 0 Å². The summed E-state index contributed by atoms with van der Waals surface area (Å²) in [4.78, 5) is 0. The minimum Gasteiger partial charge on any atom is -0.516 e. The molecule has 0 aromatic heterocycles. The lowest BCUT2D eigenvalue weighted by Gasteiger charge is -1.97. The molecule has 0 bridgehead atoms. The van der Waals surface area contributed by atoms with Gasteiger partial charge in [0.15, 0.2) is 0 Å². The zero-order valence-electron chi connectivity index (χ0n) is 6.92. The van der Waals surface area contributed by atoms with Crippen LogP contribution < -0.4 is 0 Å². The second kappa shape index (κ2) is 5.00. The molecular weight excluding hydrogens is 136 g/mol. The van der Waals surface area contributed by atoms with Gasteiger partial charge in [0.2, 0.25) is 0 Å². The van der Waals surface area contributed by atoms with Crippen molar-refractivity contribution >= 4 is 0 Å². The van der Waals surface area contributed by atoms with Crippen molar-refractivity contribution in [1.29, 1.82) is 0 Å². The van der Waals surface area contributed by atoms with Crippen LogP contribution in [0.1, 0.15) is 38.5 Å². The fraction of sp³-hybridized carbons (Fsp3) is 0.600. The molecule has 11 heavy (non-hydrogen) atoms. The van der Waals surface area contributed by atoms with Crippen LogP contribution in [0.25, 0.3) is 0 Å². The summed E-state index contributed by atoms with van der Waals surface area (Å²) < 4.78 is 0. The van der Waals surface area contributed by atoms with Crippen molar-refractivity contribution in [2.24, 2.45) is 0 Å². The average Bonchev–Trinajstić information content (AvgIpc) is 2.50. The van der Waals surface area contributed by atoms with Crippen molar-refractivity contribution in [3.05, 3.63) is 24.0 Å². The number of aliphatic hydroxyl groups excluding tert-OH is 1. The summed E-state index contributed by atoms with van der Waals surface area (Å²) in [6.45, 7) is 0. The van der Waals surface area contributed by atoms with Gasteiger partial charge in [0.1, 0.15) is 0 Å². The van der Waals surface area contributed by atoms with E-state index in [9.17, 15) is 0 Å². The van der Waals surface area contributed by atoms with Gasteiger partial charge in [-0.05, 0) is 38.5 Å². The molecule has 0 heterocycles. The number of rotatable bonds is 4. The number of hydrogen-bond acceptors (Lipinski definition) is 1. The van der Waals surface area contributed by atoms with Gasteiger partial charge in [-0.1, -0.05) is 17.7 Å². The number of unbranched alkanes of at least 4 members (excludes halogenated alkanes) is 1. The summed E-state index contributed by atoms with van der Waals surface area (Å²) in [5.41, 5.74) is 1.62. The largest absolute Gasteiger partial charge is 0.516 e. The normalized spacial score (nSPS) is 17.6. The van der Waals surface area contributed by atoms with Crippen molar-refractivity contribution < 1.29 is 5.11 Å². The Morgan fingerprint density at radius 2 is 2.45 bits per heavy atom. The van der Waals surface area contributed by atoms with Crippen molar-refractivity contribution in [2.45, 2.75) is 38.5 Å². The predicted octanol–water partition coefficient (Wildman–Crippen LogP) is 3.34. The Kier molecular flexibility index (Phi) is 3.81. The van der Waals surface area contributed by atoms with E-state index in [0.717, 1.165) is 12.7 Å². The first-order valence-corrected chi connectivity index (χ1v) is 4.40. The fourth-order valence-corrected chi connectivity index (χ4v) is 1.49. The minimum absolute atomic E-state index is 1.01. The summed E-state index contributed by atoms with van der Waals surface area (Å²) in [6, 6.07) is 0. The molecule has 0 amide bonds. The molecule has 1 aliphatic rings. The van der Waals surface area contributed by atoms with E-state index in [-0.39, 0.29) is 0 Å². The Balaban J connectivity index is 2.02. The van der Waals surface area contributed by atoms with E-state index in [2.05, 4.69) is 6.08 Å². The molecular formula is C10H16O.